The predicted molar refractivity (Wildman–Crippen MR) is 41.8 cm³/mol. The summed E-state index contributed by atoms with van der Waals surface area (Å²) >= 11 is 0. The van der Waals surface area contributed by atoms with Gasteiger partial charge in [0, 0.05) is 0 Å². The van der Waals surface area contributed by atoms with Crippen LogP contribution in [-0.2, 0) is 14.0 Å². The minimum atomic E-state index is -4.83. The molecule has 0 N–H and O–H groups in total. The van der Waals surface area contributed by atoms with Crippen LogP contribution >= 0.6 is 0 Å². The molecule has 0 radical (unpaired) electrons. The molecule has 0 aliphatic carbocycles. The van der Waals surface area contributed by atoms with Gasteiger partial charge in [-0.1, -0.05) is 0 Å². The van der Waals surface area contributed by atoms with Crippen LogP contribution in [0.15, 0.2) is 0 Å². The molecular formula is C6H6BF9O3. The Kier molecular flexibility index (Phi) is 6.42. The van der Waals surface area contributed by atoms with E-state index in [-0.39, 0.29) is 0 Å². The van der Waals surface area contributed by atoms with E-state index in [1.165, 1.54) is 0 Å². The molecule has 3 nitrogen and oxygen atoms in total. The van der Waals surface area contributed by atoms with E-state index < -0.39 is 45.7 Å². The van der Waals surface area contributed by atoms with Crippen molar-refractivity contribution in [2.24, 2.45) is 0 Å². The minimum absolute atomic E-state index is 2.60. The van der Waals surface area contributed by atoms with Crippen LogP contribution in [0.1, 0.15) is 0 Å². The van der Waals surface area contributed by atoms with Crippen LogP contribution < -0.4 is 0 Å². The predicted octanol–water partition coefficient (Wildman–Crippen LogP) is 2.71. The van der Waals surface area contributed by atoms with Gasteiger partial charge >= 0.3 is 25.6 Å². The molecule has 0 aromatic rings. The largest absolute Gasteiger partial charge is 0.652 e. The molecule has 0 rings (SSSR count). The standard InChI is InChI=1S/C6H6BF9O3/c8-1-4(11,12)17-7(18-5(13,14)2-9)19-6(15,16)3-10/h1-3H2. The normalized spacial score (nSPS) is 13.7. The third-order valence-electron chi connectivity index (χ3n) is 1.27. The maximum absolute atomic E-state index is 12.3. The highest BCUT2D eigenvalue weighted by atomic mass is 19.3. The molecule has 0 aliphatic rings. The summed E-state index contributed by atoms with van der Waals surface area (Å²) in [6.07, 6.45) is -14.5. The third-order valence-corrected chi connectivity index (χ3v) is 1.27. The van der Waals surface area contributed by atoms with Crippen LogP contribution in [0.4, 0.5) is 39.5 Å². The van der Waals surface area contributed by atoms with Crippen molar-refractivity contribution in [3.63, 3.8) is 0 Å². The molecule has 0 saturated heterocycles. The Balaban J connectivity index is 4.84. The number of hydrogen-bond donors (Lipinski definition) is 0. The van der Waals surface area contributed by atoms with Gasteiger partial charge in [0.05, 0.1) is 0 Å². The van der Waals surface area contributed by atoms with Gasteiger partial charge in [0.25, 0.3) is 0 Å². The second-order valence-corrected chi connectivity index (χ2v) is 2.96. The van der Waals surface area contributed by atoms with Crippen LogP contribution in [0.5, 0.6) is 0 Å². The Hall–Kier alpha value is -0.685. The van der Waals surface area contributed by atoms with E-state index in [2.05, 4.69) is 14.0 Å². The van der Waals surface area contributed by atoms with Crippen LogP contribution in [0, 0.1) is 0 Å². The van der Waals surface area contributed by atoms with Crippen molar-refractivity contribution in [1.82, 2.24) is 0 Å². The molecule has 0 bridgehead atoms. The van der Waals surface area contributed by atoms with Crippen molar-refractivity contribution in [2.75, 3.05) is 20.0 Å². The van der Waals surface area contributed by atoms with Gasteiger partial charge in [-0.3, -0.25) is 0 Å². The molecule has 0 atom stereocenters. The summed E-state index contributed by atoms with van der Waals surface area (Å²) in [6.45, 7) is -7.80. The summed E-state index contributed by atoms with van der Waals surface area (Å²) in [7, 11) is -3.60. The molecule has 0 unspecified atom stereocenters. The van der Waals surface area contributed by atoms with Gasteiger partial charge in [-0.25, -0.2) is 13.2 Å². The molecule has 0 saturated carbocycles. The van der Waals surface area contributed by atoms with Gasteiger partial charge in [-0.05, 0) is 0 Å². The Bertz CT molecular complexity index is 234. The van der Waals surface area contributed by atoms with Gasteiger partial charge in [0.1, 0.15) is 0 Å². The van der Waals surface area contributed by atoms with Crippen LogP contribution in [0.2, 0.25) is 0 Å². The van der Waals surface area contributed by atoms with E-state index in [1.54, 1.807) is 0 Å². The zero-order chi connectivity index (χ0) is 15.3. The highest BCUT2D eigenvalue weighted by molar-refractivity contribution is 6.36. The highest BCUT2D eigenvalue weighted by Crippen LogP contribution is 2.27. The lowest BCUT2D eigenvalue weighted by Gasteiger charge is -2.24. The Labute approximate surface area is 100 Å². The second-order valence-electron chi connectivity index (χ2n) is 2.96. The first-order valence-electron chi connectivity index (χ1n) is 4.32. The van der Waals surface area contributed by atoms with Gasteiger partial charge in [0.2, 0.25) is 0 Å². The van der Waals surface area contributed by atoms with E-state index in [9.17, 15) is 39.5 Å². The van der Waals surface area contributed by atoms with Crippen molar-refractivity contribution in [3.8, 4) is 0 Å². The number of halogens is 9. The van der Waals surface area contributed by atoms with Crippen LogP contribution in [-0.4, -0.2) is 45.7 Å². The topological polar surface area (TPSA) is 27.7 Å². The molecular weight excluding hydrogens is 302 g/mol. The zero-order valence-electron chi connectivity index (χ0n) is 8.83. The first-order chi connectivity index (χ1) is 8.47. The van der Waals surface area contributed by atoms with E-state index in [1.807, 2.05) is 0 Å². The Morgan fingerprint density at radius 2 is 0.789 bits per heavy atom. The fourth-order valence-corrected chi connectivity index (χ4v) is 0.589. The van der Waals surface area contributed by atoms with Crippen LogP contribution in [0.3, 0.4) is 0 Å². The lowest BCUT2D eigenvalue weighted by molar-refractivity contribution is -0.281. The molecule has 19 heavy (non-hydrogen) atoms. The molecule has 0 fully saturated rings. The zero-order valence-corrected chi connectivity index (χ0v) is 8.83. The van der Waals surface area contributed by atoms with Crippen molar-refractivity contribution < 1.29 is 53.5 Å². The maximum Gasteiger partial charge on any atom is 0.652 e. The smallest absolute Gasteiger partial charge is 0.324 e. The Morgan fingerprint density at radius 1 is 0.579 bits per heavy atom. The van der Waals surface area contributed by atoms with E-state index in [4.69, 9.17) is 0 Å². The van der Waals surface area contributed by atoms with Crippen molar-refractivity contribution >= 4 is 7.32 Å². The van der Waals surface area contributed by atoms with Crippen LogP contribution in [0.25, 0.3) is 0 Å². The lowest BCUT2D eigenvalue weighted by Crippen LogP contribution is -2.46. The van der Waals surface area contributed by atoms with Crippen molar-refractivity contribution in [1.29, 1.82) is 0 Å². The quantitative estimate of drug-likeness (QED) is 0.484. The lowest BCUT2D eigenvalue weighted by atomic mass is 10.2. The number of alkyl halides is 9. The SMILES string of the molecule is FCC(F)(F)OB(OC(F)(F)CF)OC(F)(F)CF. The highest BCUT2D eigenvalue weighted by Gasteiger charge is 2.50. The summed E-state index contributed by atoms with van der Waals surface area (Å²) in [4.78, 5) is 0. The van der Waals surface area contributed by atoms with Crippen molar-refractivity contribution in [2.45, 2.75) is 18.3 Å². The van der Waals surface area contributed by atoms with Gasteiger partial charge in [0.15, 0.2) is 20.0 Å². The fraction of sp³-hybridized carbons (Fsp3) is 1.00. The molecule has 13 heteroatoms. The van der Waals surface area contributed by atoms with E-state index in [0.717, 1.165) is 0 Å². The first-order valence-corrected chi connectivity index (χ1v) is 4.32. The van der Waals surface area contributed by atoms with Gasteiger partial charge < -0.3 is 14.0 Å². The van der Waals surface area contributed by atoms with Crippen molar-refractivity contribution in [3.05, 3.63) is 0 Å². The Morgan fingerprint density at radius 3 is 0.947 bits per heavy atom. The molecule has 114 valence electrons. The molecule has 0 spiro atoms. The summed E-state index contributed by atoms with van der Waals surface area (Å²) in [6, 6.07) is 0. The minimum Gasteiger partial charge on any atom is -0.324 e. The first kappa shape index (κ1) is 18.3. The van der Waals surface area contributed by atoms with E-state index in [0.29, 0.717) is 0 Å². The average molecular weight is 308 g/mol. The van der Waals surface area contributed by atoms with Gasteiger partial charge in [-0.15, -0.1) is 0 Å². The van der Waals surface area contributed by atoms with Gasteiger partial charge in [-0.2, -0.15) is 26.3 Å². The monoisotopic (exact) mass is 308 g/mol. The number of rotatable bonds is 9. The third kappa shape index (κ3) is 7.47. The molecule has 0 aromatic heterocycles. The number of hydrogen-bond acceptors (Lipinski definition) is 3. The molecule has 0 heterocycles. The summed E-state index contributed by atoms with van der Waals surface area (Å²) in [5.74, 6) is 0. The summed E-state index contributed by atoms with van der Waals surface area (Å²) in [5.41, 5.74) is 0. The maximum atomic E-state index is 12.3. The molecule has 0 amide bonds. The summed E-state index contributed by atoms with van der Waals surface area (Å²) in [5, 5.41) is 0. The summed E-state index contributed by atoms with van der Waals surface area (Å²) < 4.78 is 118. The average Bonchev–Trinajstić information content (AvgIpc) is 2.27. The fourth-order valence-electron chi connectivity index (χ4n) is 0.589. The molecule has 0 aromatic carbocycles. The second kappa shape index (κ2) is 6.66. The van der Waals surface area contributed by atoms with E-state index >= 15 is 0 Å². The molecule has 0 aliphatic heterocycles.